The number of aliphatic carboxylic acids is 1. The highest BCUT2D eigenvalue weighted by atomic mass is 35.5. The average molecular weight is 348 g/mol. The molecule has 8 heteroatoms. The summed E-state index contributed by atoms with van der Waals surface area (Å²) in [7, 11) is 0. The molecule has 1 fully saturated rings. The zero-order valence-corrected chi connectivity index (χ0v) is 13.1. The summed E-state index contributed by atoms with van der Waals surface area (Å²) in [6, 6.07) is 4.67. The van der Waals surface area contributed by atoms with Crippen molar-refractivity contribution in [3.05, 3.63) is 28.2 Å². The van der Waals surface area contributed by atoms with E-state index in [4.69, 9.17) is 37.8 Å². The highest BCUT2D eigenvalue weighted by Crippen LogP contribution is 2.28. The van der Waals surface area contributed by atoms with E-state index < -0.39 is 17.4 Å². The molecule has 0 radical (unpaired) electrons. The molecule has 1 aromatic rings. The van der Waals surface area contributed by atoms with Crippen molar-refractivity contribution in [2.75, 3.05) is 19.8 Å². The molecule has 2 N–H and O–H groups in total. The van der Waals surface area contributed by atoms with Crippen LogP contribution in [-0.2, 0) is 14.3 Å². The molecule has 1 aliphatic rings. The summed E-state index contributed by atoms with van der Waals surface area (Å²) in [5.74, 6) is -1.15. The van der Waals surface area contributed by atoms with Crippen molar-refractivity contribution in [2.24, 2.45) is 0 Å². The molecule has 6 nitrogen and oxygen atoms in total. The Bertz CT molecular complexity index is 572. The number of carbonyl (C=O) groups is 2. The van der Waals surface area contributed by atoms with Gasteiger partial charge in [0.15, 0.2) is 6.61 Å². The first-order valence-corrected chi connectivity index (χ1v) is 7.34. The Morgan fingerprint density at radius 3 is 2.82 bits per heavy atom. The number of carboxylic acids is 1. The van der Waals surface area contributed by atoms with Crippen molar-refractivity contribution >= 4 is 35.1 Å². The fraction of sp³-hybridized carbons (Fsp3) is 0.429. The SMILES string of the molecule is O=C(O)CC1(NC(=O)COc2cc(Cl)ccc2Cl)CCOC1. The molecule has 1 atom stereocenters. The molecule has 1 saturated heterocycles. The number of hydrogen-bond acceptors (Lipinski definition) is 4. The molecule has 0 aromatic heterocycles. The molecule has 1 heterocycles. The van der Waals surface area contributed by atoms with E-state index in [2.05, 4.69) is 5.32 Å². The molecule has 1 aromatic carbocycles. The zero-order chi connectivity index (χ0) is 16.2. The number of nitrogens with one attached hydrogen (secondary N) is 1. The molecule has 1 amide bonds. The molecule has 0 spiro atoms. The predicted molar refractivity (Wildman–Crippen MR) is 80.5 cm³/mol. The van der Waals surface area contributed by atoms with Crippen molar-refractivity contribution in [2.45, 2.75) is 18.4 Å². The average Bonchev–Trinajstić information content (AvgIpc) is 2.87. The number of amides is 1. The van der Waals surface area contributed by atoms with Gasteiger partial charge in [-0.05, 0) is 18.6 Å². The quantitative estimate of drug-likeness (QED) is 0.823. The smallest absolute Gasteiger partial charge is 0.305 e. The first-order chi connectivity index (χ1) is 10.4. The van der Waals surface area contributed by atoms with E-state index in [0.29, 0.717) is 28.8 Å². The van der Waals surface area contributed by atoms with Gasteiger partial charge in [0.25, 0.3) is 5.91 Å². The number of benzene rings is 1. The lowest BCUT2D eigenvalue weighted by Crippen LogP contribution is -2.51. The number of carbonyl (C=O) groups excluding carboxylic acids is 1. The molecule has 1 unspecified atom stereocenters. The van der Waals surface area contributed by atoms with Crippen molar-refractivity contribution < 1.29 is 24.2 Å². The third-order valence-corrected chi connectivity index (χ3v) is 3.80. The minimum Gasteiger partial charge on any atom is -0.482 e. The van der Waals surface area contributed by atoms with Crippen LogP contribution >= 0.6 is 23.2 Å². The van der Waals surface area contributed by atoms with Crippen molar-refractivity contribution in [3.63, 3.8) is 0 Å². The molecule has 120 valence electrons. The highest BCUT2D eigenvalue weighted by Gasteiger charge is 2.38. The molecule has 0 aliphatic carbocycles. The van der Waals surface area contributed by atoms with Gasteiger partial charge < -0.3 is 19.9 Å². The summed E-state index contributed by atoms with van der Waals surface area (Å²) in [5.41, 5.74) is -0.885. The Morgan fingerprint density at radius 2 is 2.18 bits per heavy atom. The Balaban J connectivity index is 1.94. The number of carboxylic acid groups (broad SMARTS) is 1. The summed E-state index contributed by atoms with van der Waals surface area (Å²) in [6.07, 6.45) is 0.250. The predicted octanol–water partition coefficient (Wildman–Crippen LogP) is 2.12. The minimum absolute atomic E-state index is 0.170. The first kappa shape index (κ1) is 16.9. The zero-order valence-electron chi connectivity index (χ0n) is 11.6. The van der Waals surface area contributed by atoms with E-state index in [9.17, 15) is 9.59 Å². The Kier molecular flexibility index (Phi) is 5.50. The maximum absolute atomic E-state index is 12.0. The van der Waals surface area contributed by atoms with E-state index in [0.717, 1.165) is 0 Å². The second-order valence-electron chi connectivity index (χ2n) is 5.07. The van der Waals surface area contributed by atoms with Crippen molar-refractivity contribution in [1.82, 2.24) is 5.32 Å². The number of hydrogen-bond donors (Lipinski definition) is 2. The topological polar surface area (TPSA) is 84.9 Å². The lowest BCUT2D eigenvalue weighted by Gasteiger charge is -2.26. The van der Waals surface area contributed by atoms with Crippen LogP contribution in [0.15, 0.2) is 18.2 Å². The van der Waals surface area contributed by atoms with E-state index >= 15 is 0 Å². The number of rotatable bonds is 6. The fourth-order valence-corrected chi connectivity index (χ4v) is 2.58. The van der Waals surface area contributed by atoms with E-state index in [1.54, 1.807) is 12.1 Å². The van der Waals surface area contributed by atoms with Crippen molar-refractivity contribution in [1.29, 1.82) is 0 Å². The standard InChI is InChI=1S/C14H15Cl2NO5/c15-9-1-2-10(16)11(5-9)22-7-12(18)17-14(6-13(19)20)3-4-21-8-14/h1-2,5H,3-4,6-8H2,(H,17,18)(H,19,20). The van der Waals surface area contributed by atoms with Gasteiger partial charge in [-0.25, -0.2) is 0 Å². The molecular weight excluding hydrogens is 333 g/mol. The molecule has 0 saturated carbocycles. The summed E-state index contributed by atoms with van der Waals surface area (Å²) in [4.78, 5) is 22.9. The summed E-state index contributed by atoms with van der Waals surface area (Å²) in [6.45, 7) is 0.291. The lowest BCUT2D eigenvalue weighted by atomic mass is 9.94. The Hall–Kier alpha value is -1.50. The summed E-state index contributed by atoms with van der Waals surface area (Å²) >= 11 is 11.8. The molecule has 0 bridgehead atoms. The molecule has 1 aliphatic heterocycles. The third-order valence-electron chi connectivity index (χ3n) is 3.25. The van der Waals surface area contributed by atoms with Gasteiger partial charge in [0.2, 0.25) is 0 Å². The van der Waals surface area contributed by atoms with Crippen LogP contribution in [0, 0.1) is 0 Å². The molecule has 22 heavy (non-hydrogen) atoms. The van der Waals surface area contributed by atoms with Crippen LogP contribution in [-0.4, -0.2) is 42.3 Å². The van der Waals surface area contributed by atoms with Crippen LogP contribution in [0.1, 0.15) is 12.8 Å². The molecule has 2 rings (SSSR count). The van der Waals surface area contributed by atoms with Gasteiger partial charge in [0.1, 0.15) is 5.75 Å². The maximum atomic E-state index is 12.0. The van der Waals surface area contributed by atoms with Crippen LogP contribution in [0.4, 0.5) is 0 Å². The van der Waals surface area contributed by atoms with Gasteiger partial charge in [0, 0.05) is 17.7 Å². The Labute approximate surface area is 137 Å². The largest absolute Gasteiger partial charge is 0.482 e. The van der Waals surface area contributed by atoms with Gasteiger partial charge >= 0.3 is 5.97 Å². The highest BCUT2D eigenvalue weighted by molar-refractivity contribution is 6.34. The van der Waals surface area contributed by atoms with E-state index in [1.165, 1.54) is 6.07 Å². The first-order valence-electron chi connectivity index (χ1n) is 6.59. The van der Waals surface area contributed by atoms with E-state index in [-0.39, 0.29) is 19.6 Å². The van der Waals surface area contributed by atoms with Gasteiger partial charge in [0.05, 0.1) is 23.6 Å². The van der Waals surface area contributed by atoms with Crippen LogP contribution in [0.2, 0.25) is 10.0 Å². The van der Waals surface area contributed by atoms with Gasteiger partial charge in [-0.2, -0.15) is 0 Å². The van der Waals surface area contributed by atoms with Crippen molar-refractivity contribution in [3.8, 4) is 5.75 Å². The normalized spacial score (nSPS) is 20.6. The van der Waals surface area contributed by atoms with E-state index in [1.807, 2.05) is 0 Å². The molecular formula is C14H15Cl2NO5. The van der Waals surface area contributed by atoms with Crippen LogP contribution in [0.5, 0.6) is 5.75 Å². The van der Waals surface area contributed by atoms with Gasteiger partial charge in [-0.15, -0.1) is 0 Å². The van der Waals surface area contributed by atoms with Gasteiger partial charge in [-0.1, -0.05) is 23.2 Å². The second-order valence-corrected chi connectivity index (χ2v) is 5.91. The fourth-order valence-electron chi connectivity index (χ4n) is 2.24. The number of ether oxygens (including phenoxy) is 2. The lowest BCUT2D eigenvalue weighted by molar-refractivity contribution is -0.139. The summed E-state index contributed by atoms with van der Waals surface area (Å²) in [5, 5.41) is 12.4. The van der Waals surface area contributed by atoms with Crippen LogP contribution < -0.4 is 10.1 Å². The maximum Gasteiger partial charge on any atom is 0.305 e. The second kappa shape index (κ2) is 7.17. The Morgan fingerprint density at radius 1 is 1.41 bits per heavy atom. The monoisotopic (exact) mass is 347 g/mol. The third kappa shape index (κ3) is 4.50. The number of halogens is 2. The van der Waals surface area contributed by atoms with Crippen LogP contribution in [0.3, 0.4) is 0 Å². The van der Waals surface area contributed by atoms with Gasteiger partial charge in [-0.3, -0.25) is 9.59 Å². The summed E-state index contributed by atoms with van der Waals surface area (Å²) < 4.78 is 10.5. The van der Waals surface area contributed by atoms with Crippen LogP contribution in [0.25, 0.3) is 0 Å². The minimum atomic E-state index is -0.996.